The molecule has 0 aliphatic heterocycles. The third-order valence-corrected chi connectivity index (χ3v) is 5.04. The molecule has 6 heteroatoms. The smallest absolute Gasteiger partial charge is 0.242 e. The Hall–Kier alpha value is -2.40. The van der Waals surface area contributed by atoms with Crippen molar-refractivity contribution in [2.24, 2.45) is 0 Å². The van der Waals surface area contributed by atoms with Gasteiger partial charge < -0.3 is 10.2 Å². The van der Waals surface area contributed by atoms with Crippen molar-refractivity contribution in [1.82, 2.24) is 10.2 Å². The van der Waals surface area contributed by atoms with Gasteiger partial charge in [-0.3, -0.25) is 9.59 Å². The maximum Gasteiger partial charge on any atom is 0.242 e. The number of hydrogen-bond donors (Lipinski definition) is 1. The predicted molar refractivity (Wildman–Crippen MR) is 114 cm³/mol. The minimum absolute atomic E-state index is 0.0383. The lowest BCUT2D eigenvalue weighted by molar-refractivity contribution is -0.140. The average Bonchev–Trinajstić information content (AvgIpc) is 2.68. The van der Waals surface area contributed by atoms with E-state index < -0.39 is 11.9 Å². The van der Waals surface area contributed by atoms with Gasteiger partial charge in [-0.25, -0.2) is 4.39 Å². The average molecular weight is 419 g/mol. The zero-order valence-corrected chi connectivity index (χ0v) is 17.9. The molecule has 0 heterocycles. The van der Waals surface area contributed by atoms with Gasteiger partial charge in [-0.1, -0.05) is 54.9 Å². The number of nitrogens with zero attached hydrogens (tertiary/aromatic N) is 1. The van der Waals surface area contributed by atoms with E-state index in [9.17, 15) is 14.0 Å². The van der Waals surface area contributed by atoms with Crippen molar-refractivity contribution in [2.75, 3.05) is 6.54 Å². The molecule has 1 atom stereocenters. The van der Waals surface area contributed by atoms with Crippen LogP contribution in [-0.4, -0.2) is 35.3 Å². The van der Waals surface area contributed by atoms with Gasteiger partial charge in [-0.05, 0) is 44.4 Å². The van der Waals surface area contributed by atoms with Crippen LogP contribution in [0.15, 0.2) is 48.5 Å². The second kappa shape index (κ2) is 11.0. The monoisotopic (exact) mass is 418 g/mol. The van der Waals surface area contributed by atoms with E-state index in [0.717, 1.165) is 5.56 Å². The van der Waals surface area contributed by atoms with E-state index in [1.807, 2.05) is 51.1 Å². The normalized spacial score (nSPS) is 11.9. The molecule has 2 aromatic carbocycles. The number of nitrogens with one attached hydrogen (secondary N) is 1. The zero-order valence-electron chi connectivity index (χ0n) is 17.1. The van der Waals surface area contributed by atoms with Crippen LogP contribution in [0, 0.1) is 5.82 Å². The Kier molecular flexibility index (Phi) is 8.65. The van der Waals surface area contributed by atoms with Crippen molar-refractivity contribution < 1.29 is 14.0 Å². The molecule has 2 amide bonds. The molecule has 0 saturated carbocycles. The van der Waals surface area contributed by atoms with E-state index in [1.165, 1.54) is 12.1 Å². The minimum Gasteiger partial charge on any atom is -0.352 e. The Labute approximate surface area is 177 Å². The van der Waals surface area contributed by atoms with E-state index in [1.54, 1.807) is 11.0 Å². The summed E-state index contributed by atoms with van der Waals surface area (Å²) in [6, 6.07) is 13.4. The lowest BCUT2D eigenvalue weighted by Gasteiger charge is -2.31. The Morgan fingerprint density at radius 3 is 2.38 bits per heavy atom. The van der Waals surface area contributed by atoms with E-state index in [-0.39, 0.29) is 34.9 Å². The van der Waals surface area contributed by atoms with Crippen LogP contribution in [0.2, 0.25) is 5.02 Å². The second-order valence-corrected chi connectivity index (χ2v) is 7.69. The quantitative estimate of drug-likeness (QED) is 0.656. The molecule has 0 aliphatic rings. The third kappa shape index (κ3) is 6.57. The first-order valence-electron chi connectivity index (χ1n) is 9.90. The molecule has 4 nitrogen and oxygen atoms in total. The van der Waals surface area contributed by atoms with Crippen LogP contribution in [0.4, 0.5) is 4.39 Å². The van der Waals surface area contributed by atoms with Crippen LogP contribution in [0.1, 0.15) is 38.3 Å². The highest BCUT2D eigenvalue weighted by Gasteiger charge is 2.29. The number of halogens is 2. The molecule has 0 radical (unpaired) electrons. The molecule has 0 aliphatic carbocycles. The minimum atomic E-state index is -0.626. The van der Waals surface area contributed by atoms with Crippen molar-refractivity contribution in [1.29, 1.82) is 0 Å². The van der Waals surface area contributed by atoms with Crippen LogP contribution in [-0.2, 0) is 22.4 Å². The molecule has 29 heavy (non-hydrogen) atoms. The fourth-order valence-corrected chi connectivity index (χ4v) is 3.46. The Morgan fingerprint density at radius 2 is 1.79 bits per heavy atom. The molecule has 2 aromatic rings. The van der Waals surface area contributed by atoms with Crippen molar-refractivity contribution >= 4 is 23.4 Å². The fraction of sp³-hybridized carbons (Fsp3) is 0.391. The molecule has 156 valence electrons. The number of amides is 2. The van der Waals surface area contributed by atoms with Crippen molar-refractivity contribution in [3.05, 3.63) is 70.5 Å². The summed E-state index contributed by atoms with van der Waals surface area (Å²) < 4.78 is 14.2. The van der Waals surface area contributed by atoms with Gasteiger partial charge in [0, 0.05) is 23.2 Å². The third-order valence-electron chi connectivity index (χ3n) is 4.69. The first kappa shape index (κ1) is 22.9. The lowest BCUT2D eigenvalue weighted by atomic mass is 10.1. The second-order valence-electron chi connectivity index (χ2n) is 7.29. The van der Waals surface area contributed by atoms with Gasteiger partial charge in [-0.2, -0.15) is 0 Å². The van der Waals surface area contributed by atoms with Crippen molar-refractivity contribution in [3.8, 4) is 0 Å². The highest BCUT2D eigenvalue weighted by Crippen LogP contribution is 2.21. The van der Waals surface area contributed by atoms with Crippen molar-refractivity contribution in [3.63, 3.8) is 0 Å². The van der Waals surface area contributed by atoms with E-state index in [4.69, 9.17) is 11.6 Å². The SMILES string of the molecule is CC[C@@H](C(=O)NC(C)C)N(CCc1ccccc1)C(=O)Cc1c(F)cccc1Cl. The molecule has 0 fully saturated rings. The summed E-state index contributed by atoms with van der Waals surface area (Å²) in [5.74, 6) is -1.05. The van der Waals surface area contributed by atoms with E-state index in [0.29, 0.717) is 19.4 Å². The topological polar surface area (TPSA) is 49.4 Å². The standard InChI is InChI=1S/C23H28ClFN2O2/c1-4-21(23(29)26-16(2)3)27(14-13-17-9-6-5-7-10-17)22(28)15-18-19(24)11-8-12-20(18)25/h5-12,16,21H,4,13-15H2,1-3H3,(H,26,29)/t21-/m0/s1. The maximum absolute atomic E-state index is 14.2. The molecule has 0 aromatic heterocycles. The Balaban J connectivity index is 2.26. The Morgan fingerprint density at radius 1 is 1.10 bits per heavy atom. The predicted octanol–water partition coefficient (Wildman–Crippen LogP) is 4.40. The summed E-state index contributed by atoms with van der Waals surface area (Å²) in [5, 5.41) is 3.09. The number of carbonyl (C=O) groups excluding carboxylic acids is 2. The summed E-state index contributed by atoms with van der Waals surface area (Å²) in [4.78, 5) is 27.4. The molecule has 0 spiro atoms. The van der Waals surface area contributed by atoms with Gasteiger partial charge in [0.15, 0.2) is 0 Å². The molecule has 2 rings (SSSR count). The van der Waals surface area contributed by atoms with Crippen LogP contribution in [0.5, 0.6) is 0 Å². The first-order valence-corrected chi connectivity index (χ1v) is 10.3. The molecule has 0 saturated heterocycles. The first-order chi connectivity index (χ1) is 13.8. The van der Waals surface area contributed by atoms with Gasteiger partial charge in [0.2, 0.25) is 11.8 Å². The fourth-order valence-electron chi connectivity index (χ4n) is 3.23. The largest absolute Gasteiger partial charge is 0.352 e. The molecular weight excluding hydrogens is 391 g/mol. The maximum atomic E-state index is 14.2. The molecule has 0 unspecified atom stereocenters. The van der Waals surface area contributed by atoms with Crippen LogP contribution in [0.25, 0.3) is 0 Å². The molecule has 1 N–H and O–H groups in total. The Bertz CT molecular complexity index is 807. The molecule has 0 bridgehead atoms. The summed E-state index contributed by atoms with van der Waals surface area (Å²) >= 11 is 6.11. The molecular formula is C23H28ClFN2O2. The van der Waals surface area contributed by atoms with Gasteiger partial charge in [0.25, 0.3) is 0 Å². The number of benzene rings is 2. The van der Waals surface area contributed by atoms with E-state index >= 15 is 0 Å². The van der Waals surface area contributed by atoms with Gasteiger partial charge in [-0.15, -0.1) is 0 Å². The number of rotatable bonds is 9. The van der Waals surface area contributed by atoms with Crippen LogP contribution in [0.3, 0.4) is 0 Å². The van der Waals surface area contributed by atoms with Crippen molar-refractivity contribution in [2.45, 2.75) is 52.1 Å². The summed E-state index contributed by atoms with van der Waals surface area (Å²) in [7, 11) is 0. The highest BCUT2D eigenvalue weighted by atomic mass is 35.5. The van der Waals surface area contributed by atoms with E-state index in [2.05, 4.69) is 5.32 Å². The summed E-state index contributed by atoms with van der Waals surface area (Å²) in [6.45, 7) is 5.97. The lowest BCUT2D eigenvalue weighted by Crippen LogP contribution is -2.51. The van der Waals surface area contributed by atoms with Gasteiger partial charge in [0.1, 0.15) is 11.9 Å². The van der Waals surface area contributed by atoms with Gasteiger partial charge in [0.05, 0.1) is 6.42 Å². The summed E-state index contributed by atoms with van der Waals surface area (Å²) in [5.41, 5.74) is 1.22. The van der Waals surface area contributed by atoms with Gasteiger partial charge >= 0.3 is 0 Å². The summed E-state index contributed by atoms with van der Waals surface area (Å²) in [6.07, 6.45) is 0.874. The van der Waals surface area contributed by atoms with Crippen LogP contribution >= 0.6 is 11.6 Å². The zero-order chi connectivity index (χ0) is 21.4. The highest BCUT2D eigenvalue weighted by molar-refractivity contribution is 6.31. The number of carbonyl (C=O) groups is 2. The number of hydrogen-bond acceptors (Lipinski definition) is 2. The van der Waals surface area contributed by atoms with Crippen LogP contribution < -0.4 is 5.32 Å².